The van der Waals surface area contributed by atoms with E-state index in [9.17, 15) is 9.90 Å². The van der Waals surface area contributed by atoms with Gasteiger partial charge in [0.1, 0.15) is 5.01 Å². The summed E-state index contributed by atoms with van der Waals surface area (Å²) in [5.41, 5.74) is -0.317. The first kappa shape index (κ1) is 12.6. The smallest absolute Gasteiger partial charge is 0.278 e. The first-order chi connectivity index (χ1) is 9.22. The van der Waals surface area contributed by atoms with Gasteiger partial charge in [0.15, 0.2) is 0 Å². The molecule has 0 saturated heterocycles. The van der Waals surface area contributed by atoms with Gasteiger partial charge in [-0.2, -0.15) is 14.6 Å². The molecule has 2 heterocycles. The van der Waals surface area contributed by atoms with Gasteiger partial charge in [0.05, 0.1) is 6.07 Å². The molecule has 1 fully saturated rings. The van der Waals surface area contributed by atoms with Crippen LogP contribution in [-0.4, -0.2) is 19.7 Å². The summed E-state index contributed by atoms with van der Waals surface area (Å²) in [4.78, 5) is 16.0. The third kappa shape index (κ3) is 2.78. The summed E-state index contributed by atoms with van der Waals surface area (Å²) < 4.78 is 1.28. The Hall–Kier alpha value is -1.43. The molecule has 19 heavy (non-hydrogen) atoms. The van der Waals surface area contributed by atoms with E-state index < -0.39 is 0 Å². The van der Waals surface area contributed by atoms with Gasteiger partial charge in [0.2, 0.25) is 10.8 Å². The predicted octanol–water partition coefficient (Wildman–Crippen LogP) is 2.37. The average Bonchev–Trinajstić information content (AvgIpc) is 2.81. The van der Waals surface area contributed by atoms with E-state index in [1.54, 1.807) is 0 Å². The summed E-state index contributed by atoms with van der Waals surface area (Å²) in [6, 6.07) is 1.09. The molecule has 1 aliphatic rings. The number of aryl methyl sites for hydroxylation is 1. The molecule has 1 saturated carbocycles. The fraction of sp³-hybridized carbons (Fsp3) is 0.615. The third-order valence-corrected chi connectivity index (χ3v) is 4.73. The highest BCUT2D eigenvalue weighted by atomic mass is 32.1. The number of aromatic nitrogens is 3. The number of hydrogen-bond acceptors (Lipinski definition) is 5. The monoisotopic (exact) mass is 279 g/mol. The Morgan fingerprint density at radius 2 is 2.16 bits per heavy atom. The van der Waals surface area contributed by atoms with Crippen LogP contribution in [0.2, 0.25) is 0 Å². The molecule has 2 aromatic heterocycles. The van der Waals surface area contributed by atoms with Gasteiger partial charge < -0.3 is 5.11 Å². The maximum absolute atomic E-state index is 11.6. The maximum Gasteiger partial charge on any atom is 0.278 e. The molecule has 0 unspecified atom stereocenters. The highest BCUT2D eigenvalue weighted by Crippen LogP contribution is 2.28. The van der Waals surface area contributed by atoms with Crippen molar-refractivity contribution in [2.75, 3.05) is 0 Å². The predicted molar refractivity (Wildman–Crippen MR) is 73.7 cm³/mol. The maximum atomic E-state index is 11.6. The summed E-state index contributed by atoms with van der Waals surface area (Å²) >= 11 is 1.39. The van der Waals surface area contributed by atoms with E-state index in [0.717, 1.165) is 29.8 Å². The van der Waals surface area contributed by atoms with Crippen molar-refractivity contribution in [3.05, 3.63) is 21.4 Å². The molecule has 0 bridgehead atoms. The van der Waals surface area contributed by atoms with Gasteiger partial charge in [-0.3, -0.25) is 4.79 Å². The number of fused-ring (bicyclic) bond motifs is 1. The minimum Gasteiger partial charge on any atom is -0.493 e. The summed E-state index contributed by atoms with van der Waals surface area (Å²) in [6.07, 6.45) is 8.75. The number of rotatable bonds is 3. The quantitative estimate of drug-likeness (QED) is 0.936. The van der Waals surface area contributed by atoms with Crippen LogP contribution >= 0.6 is 11.3 Å². The second kappa shape index (κ2) is 5.28. The number of aromatic hydroxyl groups is 1. The summed E-state index contributed by atoms with van der Waals surface area (Å²) in [6.45, 7) is 0. The van der Waals surface area contributed by atoms with E-state index >= 15 is 0 Å². The second-order valence-corrected chi connectivity index (χ2v) is 6.23. The largest absolute Gasteiger partial charge is 0.493 e. The number of nitrogens with zero attached hydrogens (tertiary/aromatic N) is 3. The molecule has 0 spiro atoms. The van der Waals surface area contributed by atoms with Crippen LogP contribution in [-0.2, 0) is 6.42 Å². The minimum atomic E-state index is -0.317. The van der Waals surface area contributed by atoms with Crippen LogP contribution in [0.4, 0.5) is 0 Å². The molecule has 1 aliphatic carbocycles. The first-order valence-corrected chi connectivity index (χ1v) is 7.63. The molecule has 0 aromatic carbocycles. The molecule has 1 N–H and O–H groups in total. The molecule has 0 radical (unpaired) electrons. The van der Waals surface area contributed by atoms with Crippen LogP contribution < -0.4 is 5.56 Å². The van der Waals surface area contributed by atoms with Crippen molar-refractivity contribution in [3.8, 4) is 5.88 Å². The lowest BCUT2D eigenvalue weighted by atomic mass is 9.86. The van der Waals surface area contributed by atoms with Crippen molar-refractivity contribution in [1.82, 2.24) is 14.6 Å². The molecule has 5 nitrogen and oxygen atoms in total. The molecule has 6 heteroatoms. The van der Waals surface area contributed by atoms with Crippen molar-refractivity contribution >= 4 is 16.3 Å². The van der Waals surface area contributed by atoms with E-state index in [0.29, 0.717) is 4.96 Å². The molecule has 2 aromatic rings. The Kier molecular flexibility index (Phi) is 3.50. The van der Waals surface area contributed by atoms with E-state index in [1.807, 2.05) is 0 Å². The Balaban J connectivity index is 1.74. The fourth-order valence-electron chi connectivity index (χ4n) is 2.74. The Morgan fingerprint density at radius 1 is 1.37 bits per heavy atom. The lowest BCUT2D eigenvalue weighted by Gasteiger charge is -2.20. The van der Waals surface area contributed by atoms with Gasteiger partial charge in [-0.25, -0.2) is 0 Å². The normalized spacial score (nSPS) is 17.1. The van der Waals surface area contributed by atoms with Crippen LogP contribution in [0.5, 0.6) is 5.88 Å². The first-order valence-electron chi connectivity index (χ1n) is 6.81. The van der Waals surface area contributed by atoms with Gasteiger partial charge in [0, 0.05) is 6.42 Å². The summed E-state index contributed by atoms with van der Waals surface area (Å²) in [7, 11) is 0. The summed E-state index contributed by atoms with van der Waals surface area (Å²) in [5.74, 6) is 0.575. The van der Waals surface area contributed by atoms with Gasteiger partial charge in [-0.1, -0.05) is 43.4 Å². The van der Waals surface area contributed by atoms with E-state index in [-0.39, 0.29) is 11.4 Å². The van der Waals surface area contributed by atoms with Crippen LogP contribution in [0.25, 0.3) is 4.96 Å². The van der Waals surface area contributed by atoms with Crippen molar-refractivity contribution in [2.45, 2.75) is 44.9 Å². The molecule has 0 atom stereocenters. The molecule has 3 rings (SSSR count). The Morgan fingerprint density at radius 3 is 2.95 bits per heavy atom. The minimum absolute atomic E-state index is 0.229. The summed E-state index contributed by atoms with van der Waals surface area (Å²) in [5, 5.41) is 14.5. The van der Waals surface area contributed by atoms with Crippen LogP contribution in [0, 0.1) is 5.92 Å². The second-order valence-electron chi connectivity index (χ2n) is 5.19. The van der Waals surface area contributed by atoms with Crippen LogP contribution in [0.3, 0.4) is 0 Å². The van der Waals surface area contributed by atoms with E-state index in [2.05, 4.69) is 10.1 Å². The van der Waals surface area contributed by atoms with Crippen molar-refractivity contribution in [1.29, 1.82) is 0 Å². The third-order valence-electron chi connectivity index (χ3n) is 3.76. The molecular weight excluding hydrogens is 262 g/mol. The zero-order valence-corrected chi connectivity index (χ0v) is 11.5. The average molecular weight is 279 g/mol. The number of hydrogen-bond donors (Lipinski definition) is 1. The topological polar surface area (TPSA) is 67.5 Å². The Bertz CT molecular complexity index is 628. The lowest BCUT2D eigenvalue weighted by molar-refractivity contribution is 0.339. The van der Waals surface area contributed by atoms with Gasteiger partial charge in [0.25, 0.3) is 5.56 Å². The highest BCUT2D eigenvalue weighted by molar-refractivity contribution is 7.16. The van der Waals surface area contributed by atoms with Gasteiger partial charge in [-0.05, 0) is 12.3 Å². The van der Waals surface area contributed by atoms with Crippen molar-refractivity contribution < 1.29 is 5.11 Å². The fourth-order valence-corrected chi connectivity index (χ4v) is 3.65. The molecule has 102 valence electrons. The zero-order chi connectivity index (χ0) is 13.2. The Labute approximate surface area is 114 Å². The molecular formula is C13H17N3O2S. The van der Waals surface area contributed by atoms with Crippen molar-refractivity contribution in [3.63, 3.8) is 0 Å². The van der Waals surface area contributed by atoms with Crippen LogP contribution in [0.1, 0.15) is 43.5 Å². The van der Waals surface area contributed by atoms with Crippen LogP contribution in [0.15, 0.2) is 10.9 Å². The molecule has 0 aliphatic heterocycles. The highest BCUT2D eigenvalue weighted by Gasteiger charge is 2.15. The molecule has 0 amide bonds. The van der Waals surface area contributed by atoms with E-state index in [1.165, 1.54) is 48.0 Å². The standard InChI is InChI=1S/C13H17N3O2S/c17-10-8-12(18)16-13(14-10)19-11(15-16)7-6-9-4-2-1-3-5-9/h8-9,17H,1-7H2. The SMILES string of the molecule is O=c1cc(O)nc2sc(CCC3CCCCC3)nn12. The van der Waals surface area contributed by atoms with E-state index in [4.69, 9.17) is 0 Å². The van der Waals surface area contributed by atoms with Crippen molar-refractivity contribution in [2.24, 2.45) is 5.92 Å². The van der Waals surface area contributed by atoms with Gasteiger partial charge in [-0.15, -0.1) is 0 Å². The van der Waals surface area contributed by atoms with Gasteiger partial charge >= 0.3 is 0 Å². The zero-order valence-electron chi connectivity index (χ0n) is 10.7. The lowest BCUT2D eigenvalue weighted by Crippen LogP contribution is -2.13.